The van der Waals surface area contributed by atoms with Crippen molar-refractivity contribution in [3.05, 3.63) is 24.0 Å². The highest BCUT2D eigenvalue weighted by Crippen LogP contribution is 2.10. The number of hydrogen-bond acceptors (Lipinski definition) is 3. The zero-order chi connectivity index (χ0) is 14.4. The van der Waals surface area contributed by atoms with Gasteiger partial charge < -0.3 is 15.7 Å². The van der Waals surface area contributed by atoms with Gasteiger partial charge in [0.25, 0.3) is 0 Å². The third kappa shape index (κ3) is 4.95. The van der Waals surface area contributed by atoms with Crippen molar-refractivity contribution in [3.63, 3.8) is 0 Å². The molecule has 0 aliphatic carbocycles. The summed E-state index contributed by atoms with van der Waals surface area (Å²) in [5.74, 6) is -0.853. The molecule has 1 aromatic rings. The van der Waals surface area contributed by atoms with Crippen molar-refractivity contribution in [3.8, 4) is 0 Å². The number of aryl methyl sites for hydroxylation is 1. The molecule has 1 atom stereocenters. The van der Waals surface area contributed by atoms with Crippen LogP contribution in [-0.4, -0.2) is 28.1 Å². The van der Waals surface area contributed by atoms with Gasteiger partial charge in [-0.15, -0.1) is 0 Å². The van der Waals surface area contributed by atoms with Gasteiger partial charge in [0.05, 0.1) is 11.4 Å². The minimum absolute atomic E-state index is 0.182. The molecule has 19 heavy (non-hydrogen) atoms. The largest absolute Gasteiger partial charge is 0.480 e. The predicted molar refractivity (Wildman–Crippen MR) is 72.0 cm³/mol. The zero-order valence-electron chi connectivity index (χ0n) is 11.3. The number of nitrogens with zero attached hydrogens (tertiary/aromatic N) is 1. The third-order valence-electron chi connectivity index (χ3n) is 2.57. The normalized spacial score (nSPS) is 12.0. The Morgan fingerprint density at radius 1 is 1.42 bits per heavy atom. The first-order valence-corrected chi connectivity index (χ1v) is 6.12. The summed E-state index contributed by atoms with van der Waals surface area (Å²) in [7, 11) is 0. The number of pyridine rings is 1. The number of aromatic nitrogens is 1. The lowest BCUT2D eigenvalue weighted by atomic mass is 10.0. The van der Waals surface area contributed by atoms with Gasteiger partial charge in [-0.1, -0.05) is 13.8 Å². The van der Waals surface area contributed by atoms with Crippen molar-refractivity contribution in [1.29, 1.82) is 0 Å². The minimum atomic E-state index is -1.04. The molecule has 0 saturated heterocycles. The minimum Gasteiger partial charge on any atom is -0.480 e. The SMILES string of the molecule is Cc1ncccc1NC(=O)N[C@H](CC(C)C)C(=O)O. The first kappa shape index (κ1) is 14.9. The molecule has 0 aliphatic heterocycles. The van der Waals surface area contributed by atoms with Crippen LogP contribution in [-0.2, 0) is 4.79 Å². The van der Waals surface area contributed by atoms with Gasteiger partial charge >= 0.3 is 12.0 Å². The Balaban J connectivity index is 2.63. The van der Waals surface area contributed by atoms with Gasteiger partial charge in [-0.3, -0.25) is 4.98 Å². The van der Waals surface area contributed by atoms with E-state index >= 15 is 0 Å². The van der Waals surface area contributed by atoms with Crippen molar-refractivity contribution in [2.75, 3.05) is 5.32 Å². The number of aliphatic carboxylic acids is 1. The maximum absolute atomic E-state index is 11.7. The maximum atomic E-state index is 11.7. The lowest BCUT2D eigenvalue weighted by molar-refractivity contribution is -0.139. The summed E-state index contributed by atoms with van der Waals surface area (Å²) >= 11 is 0. The first-order chi connectivity index (χ1) is 8.90. The Morgan fingerprint density at radius 3 is 2.63 bits per heavy atom. The summed E-state index contributed by atoms with van der Waals surface area (Å²) in [6, 6.07) is 1.98. The average molecular weight is 265 g/mol. The second-order valence-corrected chi connectivity index (χ2v) is 4.76. The maximum Gasteiger partial charge on any atom is 0.326 e. The van der Waals surface area contributed by atoms with Crippen molar-refractivity contribution in [1.82, 2.24) is 10.3 Å². The fraction of sp³-hybridized carbons (Fsp3) is 0.462. The molecule has 0 saturated carbocycles. The monoisotopic (exact) mass is 265 g/mol. The van der Waals surface area contributed by atoms with E-state index in [1.54, 1.807) is 25.3 Å². The molecule has 3 N–H and O–H groups in total. The third-order valence-corrected chi connectivity index (χ3v) is 2.57. The second kappa shape index (κ2) is 6.72. The van der Waals surface area contributed by atoms with Crippen molar-refractivity contribution < 1.29 is 14.7 Å². The van der Waals surface area contributed by atoms with Gasteiger partial charge in [-0.2, -0.15) is 0 Å². The lowest BCUT2D eigenvalue weighted by Gasteiger charge is -2.17. The molecule has 0 spiro atoms. The summed E-state index contributed by atoms with van der Waals surface area (Å²) in [4.78, 5) is 26.8. The van der Waals surface area contributed by atoms with E-state index in [0.29, 0.717) is 17.8 Å². The van der Waals surface area contributed by atoms with Crippen molar-refractivity contribution in [2.45, 2.75) is 33.2 Å². The highest BCUT2D eigenvalue weighted by Gasteiger charge is 2.21. The number of amides is 2. The Labute approximate surface area is 112 Å². The van der Waals surface area contributed by atoms with Crippen LogP contribution in [0, 0.1) is 12.8 Å². The molecule has 2 amide bonds. The van der Waals surface area contributed by atoms with Gasteiger partial charge in [-0.05, 0) is 31.4 Å². The molecule has 0 fully saturated rings. The van der Waals surface area contributed by atoms with Crippen molar-refractivity contribution in [2.24, 2.45) is 5.92 Å². The van der Waals surface area contributed by atoms with Gasteiger partial charge in [0, 0.05) is 6.20 Å². The van der Waals surface area contributed by atoms with Crippen LogP contribution in [0.5, 0.6) is 0 Å². The Morgan fingerprint density at radius 2 is 2.11 bits per heavy atom. The smallest absolute Gasteiger partial charge is 0.326 e. The Kier molecular flexibility index (Phi) is 5.29. The number of carbonyl (C=O) groups excluding carboxylic acids is 1. The van der Waals surface area contributed by atoms with Gasteiger partial charge in [0.2, 0.25) is 0 Å². The molecule has 0 aromatic carbocycles. The predicted octanol–water partition coefficient (Wildman–Crippen LogP) is 2.01. The first-order valence-electron chi connectivity index (χ1n) is 6.12. The molecule has 0 aliphatic rings. The van der Waals surface area contributed by atoms with Crippen LogP contribution in [0.1, 0.15) is 26.0 Å². The molecule has 6 heteroatoms. The van der Waals surface area contributed by atoms with E-state index in [1.807, 2.05) is 13.8 Å². The van der Waals surface area contributed by atoms with E-state index in [1.165, 1.54) is 0 Å². The zero-order valence-corrected chi connectivity index (χ0v) is 11.3. The van der Waals surface area contributed by atoms with Crippen LogP contribution in [0.2, 0.25) is 0 Å². The molecule has 0 bridgehead atoms. The standard InChI is InChI=1S/C13H19N3O3/c1-8(2)7-11(12(17)18)16-13(19)15-10-5-4-6-14-9(10)3/h4-6,8,11H,7H2,1-3H3,(H,17,18)(H2,15,16,19)/t11-/m1/s1. The van der Waals surface area contributed by atoms with Crippen LogP contribution < -0.4 is 10.6 Å². The summed E-state index contributed by atoms with van der Waals surface area (Å²) in [5, 5.41) is 14.1. The summed E-state index contributed by atoms with van der Waals surface area (Å²) in [6.45, 7) is 5.57. The van der Waals surface area contributed by atoms with Gasteiger partial charge in [0.1, 0.15) is 6.04 Å². The summed E-state index contributed by atoms with van der Waals surface area (Å²) in [6.07, 6.45) is 2.01. The second-order valence-electron chi connectivity index (χ2n) is 4.76. The van der Waals surface area contributed by atoms with E-state index in [2.05, 4.69) is 15.6 Å². The molecule has 6 nitrogen and oxygen atoms in total. The molecule has 1 rings (SSSR count). The number of carboxylic acids is 1. The Hall–Kier alpha value is -2.11. The van der Waals surface area contributed by atoms with Crippen LogP contribution in [0.4, 0.5) is 10.5 Å². The van der Waals surface area contributed by atoms with Crippen LogP contribution in [0.3, 0.4) is 0 Å². The van der Waals surface area contributed by atoms with E-state index in [-0.39, 0.29) is 5.92 Å². The fourth-order valence-electron chi connectivity index (χ4n) is 1.63. The molecule has 1 aromatic heterocycles. The quantitative estimate of drug-likeness (QED) is 0.759. The number of carbonyl (C=O) groups is 2. The topological polar surface area (TPSA) is 91.3 Å². The van der Waals surface area contributed by atoms with E-state index in [4.69, 9.17) is 5.11 Å². The summed E-state index contributed by atoms with van der Waals surface area (Å²) < 4.78 is 0. The number of rotatable bonds is 5. The van der Waals surface area contributed by atoms with Gasteiger partial charge in [0.15, 0.2) is 0 Å². The van der Waals surface area contributed by atoms with E-state index in [0.717, 1.165) is 0 Å². The van der Waals surface area contributed by atoms with Gasteiger partial charge in [-0.25, -0.2) is 9.59 Å². The summed E-state index contributed by atoms with van der Waals surface area (Å²) in [5.41, 5.74) is 1.24. The van der Waals surface area contributed by atoms with E-state index < -0.39 is 18.0 Å². The molecule has 0 radical (unpaired) electrons. The van der Waals surface area contributed by atoms with Crippen molar-refractivity contribution >= 4 is 17.7 Å². The molecule has 0 unspecified atom stereocenters. The number of hydrogen-bond donors (Lipinski definition) is 3. The van der Waals surface area contributed by atoms with Crippen LogP contribution in [0.15, 0.2) is 18.3 Å². The molecule has 104 valence electrons. The number of nitrogens with one attached hydrogen (secondary N) is 2. The average Bonchev–Trinajstić information content (AvgIpc) is 2.30. The molecule has 1 heterocycles. The van der Waals surface area contributed by atoms with Crippen LogP contribution >= 0.6 is 0 Å². The highest BCUT2D eigenvalue weighted by molar-refractivity contribution is 5.92. The lowest BCUT2D eigenvalue weighted by Crippen LogP contribution is -2.43. The molecular weight excluding hydrogens is 246 g/mol. The highest BCUT2D eigenvalue weighted by atomic mass is 16.4. The van der Waals surface area contributed by atoms with Crippen LogP contribution in [0.25, 0.3) is 0 Å². The Bertz CT molecular complexity index is 460. The van der Waals surface area contributed by atoms with E-state index in [9.17, 15) is 9.59 Å². The molecular formula is C13H19N3O3. The number of carboxylic acid groups (broad SMARTS) is 1. The number of urea groups is 1. The number of anilines is 1. The fourth-order valence-corrected chi connectivity index (χ4v) is 1.63.